The number of hydrogen-bond acceptors (Lipinski definition) is 4. The molecular formula is C23H24BN5O. The van der Waals surface area contributed by atoms with E-state index in [2.05, 4.69) is 39.5 Å². The topological polar surface area (TPSA) is 55.4 Å². The van der Waals surface area contributed by atoms with Crippen molar-refractivity contribution in [2.45, 2.75) is 32.9 Å². The molecule has 0 amide bonds. The fourth-order valence-corrected chi connectivity index (χ4v) is 4.27. The number of aromatic nitrogens is 4. The summed E-state index contributed by atoms with van der Waals surface area (Å²) in [6.45, 7) is 6.04. The third-order valence-electron chi connectivity index (χ3n) is 6.11. The van der Waals surface area contributed by atoms with E-state index < -0.39 is 0 Å². The summed E-state index contributed by atoms with van der Waals surface area (Å²) >= 11 is 0. The molecular weight excluding hydrogens is 373 g/mol. The highest BCUT2D eigenvalue weighted by molar-refractivity contribution is 6.38. The molecule has 0 atom stereocenters. The molecule has 1 aliphatic rings. The zero-order valence-corrected chi connectivity index (χ0v) is 17.2. The van der Waals surface area contributed by atoms with Crippen LogP contribution in [0.2, 0.25) is 0 Å². The van der Waals surface area contributed by atoms with Gasteiger partial charge in [-0.05, 0) is 54.9 Å². The van der Waals surface area contributed by atoms with E-state index in [0.29, 0.717) is 17.4 Å². The van der Waals surface area contributed by atoms with E-state index in [1.54, 1.807) is 23.2 Å². The van der Waals surface area contributed by atoms with Gasteiger partial charge < -0.3 is 8.97 Å². The number of imidazole rings is 1. The molecule has 6 nitrogen and oxygen atoms in total. The first-order valence-electron chi connectivity index (χ1n) is 10.5. The maximum absolute atomic E-state index is 12.8. The molecule has 7 heteroatoms. The Labute approximate surface area is 176 Å². The molecule has 0 aliphatic carbocycles. The van der Waals surface area contributed by atoms with Crippen LogP contribution in [0.5, 0.6) is 0 Å². The van der Waals surface area contributed by atoms with Crippen LogP contribution in [0.25, 0.3) is 16.4 Å². The Hall–Kier alpha value is -2.93. The molecule has 4 aromatic rings. The minimum Gasteiger partial charge on any atom is -0.309 e. The Kier molecular flexibility index (Phi) is 4.91. The van der Waals surface area contributed by atoms with E-state index in [9.17, 15) is 4.79 Å². The van der Waals surface area contributed by atoms with Crippen LogP contribution in [0.3, 0.4) is 0 Å². The molecule has 150 valence electrons. The lowest BCUT2D eigenvalue weighted by atomic mass is 9.93. The number of pyridine rings is 3. The summed E-state index contributed by atoms with van der Waals surface area (Å²) in [7, 11) is 5.94. The van der Waals surface area contributed by atoms with E-state index >= 15 is 0 Å². The summed E-state index contributed by atoms with van der Waals surface area (Å²) in [5.41, 5.74) is 3.42. The average molecular weight is 397 g/mol. The van der Waals surface area contributed by atoms with Gasteiger partial charge in [-0.2, -0.15) is 0 Å². The third-order valence-corrected chi connectivity index (χ3v) is 6.11. The lowest BCUT2D eigenvalue weighted by molar-refractivity contribution is 0.185. The highest BCUT2D eigenvalue weighted by Gasteiger charge is 2.16. The largest absolute Gasteiger partial charge is 0.309 e. The third kappa shape index (κ3) is 3.65. The molecule has 1 saturated heterocycles. The first kappa shape index (κ1) is 19.1. The van der Waals surface area contributed by atoms with Crippen molar-refractivity contribution in [3.8, 4) is 0 Å². The Morgan fingerprint density at radius 2 is 1.90 bits per heavy atom. The van der Waals surface area contributed by atoms with Gasteiger partial charge in [-0.3, -0.25) is 14.7 Å². The molecule has 5 rings (SSSR count). The van der Waals surface area contributed by atoms with Gasteiger partial charge in [0.1, 0.15) is 13.5 Å². The van der Waals surface area contributed by atoms with Crippen LogP contribution in [0.1, 0.15) is 31.0 Å². The maximum Gasteiger partial charge on any atom is 0.260 e. The second kappa shape index (κ2) is 7.72. The van der Waals surface area contributed by atoms with Crippen molar-refractivity contribution >= 4 is 29.7 Å². The van der Waals surface area contributed by atoms with Gasteiger partial charge in [-0.25, -0.2) is 4.98 Å². The molecule has 0 N–H and O–H groups in total. The van der Waals surface area contributed by atoms with Crippen molar-refractivity contribution < 1.29 is 0 Å². The molecule has 2 radical (unpaired) electrons. The lowest BCUT2D eigenvalue weighted by Crippen LogP contribution is -2.32. The number of hydrogen-bond donors (Lipinski definition) is 0. The Bertz CT molecular complexity index is 1270. The molecule has 30 heavy (non-hydrogen) atoms. The number of nitrogens with zero attached hydrogens (tertiary/aromatic N) is 5. The van der Waals surface area contributed by atoms with Crippen LogP contribution < -0.4 is 11.0 Å². The van der Waals surface area contributed by atoms with Gasteiger partial charge in [-0.1, -0.05) is 18.5 Å². The number of fused-ring (bicyclic) bond motifs is 2. The summed E-state index contributed by atoms with van der Waals surface area (Å²) in [6, 6.07) is 6.07. The normalized spacial score (nSPS) is 15.9. The summed E-state index contributed by atoms with van der Waals surface area (Å²) in [5, 5.41) is 1.26. The standard InChI is InChI=1S/C23H24BN5O/c1-16-4-7-27(8-5-16)12-17-2-3-22-26-18(15-29(22)13-17)14-28-9-6-19-20(23(28)30)10-25-11-21(19)24/h2-3,6,9-11,13,15-16H,4-5,7-8,12,14H2,1H3. The average Bonchev–Trinajstić information content (AvgIpc) is 3.14. The minimum atomic E-state index is -0.107. The van der Waals surface area contributed by atoms with E-state index in [1.807, 2.05) is 12.3 Å². The second-order valence-corrected chi connectivity index (χ2v) is 8.43. The van der Waals surface area contributed by atoms with Gasteiger partial charge in [0, 0.05) is 37.5 Å². The van der Waals surface area contributed by atoms with Gasteiger partial charge in [-0.15, -0.1) is 0 Å². The smallest absolute Gasteiger partial charge is 0.260 e. The van der Waals surface area contributed by atoms with Gasteiger partial charge in [0.2, 0.25) is 0 Å². The molecule has 0 saturated carbocycles. The van der Waals surface area contributed by atoms with E-state index in [1.165, 1.54) is 31.5 Å². The zero-order chi connectivity index (χ0) is 20.7. The minimum absolute atomic E-state index is 0.107. The van der Waals surface area contributed by atoms with Crippen LogP contribution in [-0.4, -0.2) is 44.8 Å². The van der Waals surface area contributed by atoms with E-state index in [-0.39, 0.29) is 5.56 Å². The zero-order valence-electron chi connectivity index (χ0n) is 17.2. The van der Waals surface area contributed by atoms with E-state index in [0.717, 1.165) is 29.2 Å². The monoisotopic (exact) mass is 397 g/mol. The lowest BCUT2D eigenvalue weighted by Gasteiger charge is -2.30. The first-order chi connectivity index (χ1) is 14.6. The number of rotatable bonds is 4. The van der Waals surface area contributed by atoms with Crippen molar-refractivity contribution in [3.63, 3.8) is 0 Å². The molecule has 0 spiro atoms. The van der Waals surface area contributed by atoms with Crippen molar-refractivity contribution in [2.24, 2.45) is 5.92 Å². The highest BCUT2D eigenvalue weighted by atomic mass is 16.1. The molecule has 0 bridgehead atoms. The summed E-state index contributed by atoms with van der Waals surface area (Å²) in [6.07, 6.45) is 11.6. The van der Waals surface area contributed by atoms with Crippen molar-refractivity contribution in [1.82, 2.24) is 23.8 Å². The summed E-state index contributed by atoms with van der Waals surface area (Å²) in [5.74, 6) is 0.839. The van der Waals surface area contributed by atoms with Crippen molar-refractivity contribution in [1.29, 1.82) is 0 Å². The Balaban J connectivity index is 1.38. The first-order valence-corrected chi connectivity index (χ1v) is 10.5. The summed E-state index contributed by atoms with van der Waals surface area (Å²) in [4.78, 5) is 24.1. The maximum atomic E-state index is 12.8. The fraction of sp³-hybridized carbons (Fsp3) is 0.348. The van der Waals surface area contributed by atoms with Gasteiger partial charge >= 0.3 is 0 Å². The number of likely N-dealkylation sites (tertiary alicyclic amines) is 1. The SMILES string of the molecule is [B]c1cncc2c(=O)n(Cc3cn4cc(CN5CCC(C)CC5)ccc4n3)ccc12. The fourth-order valence-electron chi connectivity index (χ4n) is 4.27. The van der Waals surface area contributed by atoms with Gasteiger partial charge in [0.15, 0.2) is 0 Å². The summed E-state index contributed by atoms with van der Waals surface area (Å²) < 4.78 is 3.71. The quantitative estimate of drug-likeness (QED) is 0.495. The van der Waals surface area contributed by atoms with Crippen LogP contribution in [0.4, 0.5) is 0 Å². The van der Waals surface area contributed by atoms with E-state index in [4.69, 9.17) is 12.8 Å². The van der Waals surface area contributed by atoms with Crippen molar-refractivity contribution in [2.75, 3.05) is 13.1 Å². The molecule has 1 fully saturated rings. The van der Waals surface area contributed by atoms with Gasteiger partial charge in [0.05, 0.1) is 17.6 Å². The van der Waals surface area contributed by atoms with Crippen molar-refractivity contribution in [3.05, 3.63) is 70.8 Å². The molecule has 4 aromatic heterocycles. The Morgan fingerprint density at radius 1 is 1.07 bits per heavy atom. The van der Waals surface area contributed by atoms with Crippen LogP contribution >= 0.6 is 0 Å². The molecule has 0 unspecified atom stereocenters. The van der Waals surface area contributed by atoms with Crippen LogP contribution in [-0.2, 0) is 13.1 Å². The Morgan fingerprint density at radius 3 is 2.73 bits per heavy atom. The number of piperidine rings is 1. The molecule has 1 aliphatic heterocycles. The highest BCUT2D eigenvalue weighted by Crippen LogP contribution is 2.18. The van der Waals surface area contributed by atoms with Crippen LogP contribution in [0, 0.1) is 5.92 Å². The predicted octanol–water partition coefficient (Wildman–Crippen LogP) is 2.12. The predicted molar refractivity (Wildman–Crippen MR) is 119 cm³/mol. The second-order valence-electron chi connectivity index (χ2n) is 8.43. The molecule has 5 heterocycles. The molecule has 0 aromatic carbocycles. The van der Waals surface area contributed by atoms with Crippen LogP contribution in [0.15, 0.2) is 54.0 Å². The van der Waals surface area contributed by atoms with Gasteiger partial charge in [0.25, 0.3) is 5.56 Å².